The van der Waals surface area contributed by atoms with E-state index in [2.05, 4.69) is 14.8 Å². The van der Waals surface area contributed by atoms with Crippen molar-refractivity contribution in [2.45, 2.75) is 17.4 Å². The molecule has 0 saturated heterocycles. The topological polar surface area (TPSA) is 118 Å². The van der Waals surface area contributed by atoms with Crippen LogP contribution in [0.1, 0.15) is 12.7 Å². The third kappa shape index (κ3) is 4.34. The van der Waals surface area contributed by atoms with Crippen LogP contribution >= 0.6 is 0 Å². The fourth-order valence-electron chi connectivity index (χ4n) is 1.88. The first-order chi connectivity index (χ1) is 11.2. The van der Waals surface area contributed by atoms with Crippen molar-refractivity contribution in [1.82, 2.24) is 4.72 Å². The van der Waals surface area contributed by atoms with Crippen LogP contribution < -0.4 is 10.0 Å². The maximum Gasteiger partial charge on any atom is 0.411 e. The van der Waals surface area contributed by atoms with Gasteiger partial charge in [0, 0.05) is 12.2 Å². The van der Waals surface area contributed by atoms with E-state index in [0.29, 0.717) is 5.69 Å². The highest BCUT2D eigenvalue weighted by Crippen LogP contribution is 2.21. The Morgan fingerprint density at radius 3 is 2.50 bits per heavy atom. The number of nitrogens with one attached hydrogen (secondary N) is 2. The number of furan rings is 1. The van der Waals surface area contributed by atoms with E-state index in [-0.39, 0.29) is 17.2 Å². The van der Waals surface area contributed by atoms with Crippen LogP contribution in [-0.4, -0.2) is 33.3 Å². The monoisotopic (exact) mass is 354 g/mol. The predicted octanol–water partition coefficient (Wildman–Crippen LogP) is 1.64. The summed E-state index contributed by atoms with van der Waals surface area (Å²) in [7, 11) is -2.61. The average molecular weight is 354 g/mol. The van der Waals surface area contributed by atoms with Crippen LogP contribution in [0.5, 0.6) is 0 Å². The second-order valence-electron chi connectivity index (χ2n) is 5.22. The van der Waals surface area contributed by atoms with E-state index < -0.39 is 21.7 Å². The minimum absolute atomic E-state index is 0.00633. The number of carbonyl (C=O) groups excluding carboxylic acids is 1. The number of benzene rings is 1. The molecule has 0 fully saturated rings. The highest BCUT2D eigenvalue weighted by Gasteiger charge is 2.28. The van der Waals surface area contributed by atoms with E-state index in [1.807, 2.05) is 0 Å². The number of aliphatic hydroxyl groups is 1. The van der Waals surface area contributed by atoms with Crippen molar-refractivity contribution in [1.29, 1.82) is 0 Å². The largest absolute Gasteiger partial charge is 0.466 e. The van der Waals surface area contributed by atoms with E-state index in [1.54, 1.807) is 12.1 Å². The van der Waals surface area contributed by atoms with Crippen LogP contribution in [-0.2, 0) is 20.4 Å². The fourth-order valence-corrected chi connectivity index (χ4v) is 3.01. The van der Waals surface area contributed by atoms with E-state index in [1.165, 1.54) is 44.6 Å². The number of sulfonamides is 1. The van der Waals surface area contributed by atoms with Crippen LogP contribution in [0.4, 0.5) is 10.5 Å². The Morgan fingerprint density at radius 1 is 1.29 bits per heavy atom. The third-order valence-corrected chi connectivity index (χ3v) is 4.67. The predicted molar refractivity (Wildman–Crippen MR) is 85.9 cm³/mol. The van der Waals surface area contributed by atoms with Gasteiger partial charge >= 0.3 is 6.09 Å². The summed E-state index contributed by atoms with van der Waals surface area (Å²) in [6.45, 7) is 1.18. The summed E-state index contributed by atoms with van der Waals surface area (Å²) in [5, 5.41) is 12.7. The van der Waals surface area contributed by atoms with Crippen molar-refractivity contribution in [2.24, 2.45) is 0 Å². The molecule has 0 aliphatic heterocycles. The number of carbonyl (C=O) groups is 1. The molecule has 2 aromatic rings. The number of hydrogen-bond acceptors (Lipinski definition) is 6. The highest BCUT2D eigenvalue weighted by molar-refractivity contribution is 7.89. The zero-order chi connectivity index (χ0) is 17.8. The summed E-state index contributed by atoms with van der Waals surface area (Å²) < 4.78 is 36.4. The van der Waals surface area contributed by atoms with Gasteiger partial charge < -0.3 is 14.3 Å². The van der Waals surface area contributed by atoms with Gasteiger partial charge in [0.2, 0.25) is 10.0 Å². The Kier molecular flexibility index (Phi) is 5.27. The Balaban J connectivity index is 2.06. The van der Waals surface area contributed by atoms with Gasteiger partial charge in [-0.25, -0.2) is 17.9 Å². The van der Waals surface area contributed by atoms with Crippen molar-refractivity contribution >= 4 is 21.8 Å². The van der Waals surface area contributed by atoms with E-state index in [4.69, 9.17) is 4.42 Å². The van der Waals surface area contributed by atoms with Gasteiger partial charge in [-0.15, -0.1) is 0 Å². The normalized spacial score (nSPS) is 14.0. The lowest BCUT2D eigenvalue weighted by molar-refractivity contribution is 0.0395. The van der Waals surface area contributed by atoms with Crippen LogP contribution in [0, 0.1) is 0 Å². The number of methoxy groups -OCH3 is 1. The molecule has 0 bridgehead atoms. The van der Waals surface area contributed by atoms with E-state index >= 15 is 0 Å². The standard InChI is InChI=1S/C15H18N2O6S/c1-15(19,13-4-3-9-23-13)10-16-24(20,21)12-7-5-11(6-8-12)17-14(18)22-2/h3-9,16,19H,10H2,1-2H3,(H,17,18)/t15-/m1/s1. The van der Waals surface area contributed by atoms with E-state index in [0.717, 1.165) is 0 Å². The number of amides is 1. The Labute approximate surface area is 139 Å². The number of ether oxygens (including phenoxy) is 1. The lowest BCUT2D eigenvalue weighted by Gasteiger charge is -2.21. The summed E-state index contributed by atoms with van der Waals surface area (Å²) >= 11 is 0. The molecule has 0 aliphatic carbocycles. The smallest absolute Gasteiger partial charge is 0.411 e. The molecule has 0 saturated carbocycles. The van der Waals surface area contributed by atoms with Crippen LogP contribution in [0.2, 0.25) is 0 Å². The van der Waals surface area contributed by atoms with Gasteiger partial charge in [0.1, 0.15) is 11.4 Å². The molecule has 2 rings (SSSR count). The van der Waals surface area contributed by atoms with E-state index in [9.17, 15) is 18.3 Å². The van der Waals surface area contributed by atoms with Gasteiger partial charge in [0.05, 0.1) is 18.3 Å². The van der Waals surface area contributed by atoms with Gasteiger partial charge in [-0.2, -0.15) is 0 Å². The van der Waals surface area contributed by atoms with Crippen molar-refractivity contribution in [3.05, 3.63) is 48.4 Å². The SMILES string of the molecule is COC(=O)Nc1ccc(S(=O)(=O)NC[C@@](C)(O)c2ccco2)cc1. The first kappa shape index (κ1) is 18.0. The minimum Gasteiger partial charge on any atom is -0.466 e. The Hall–Kier alpha value is -2.36. The summed E-state index contributed by atoms with van der Waals surface area (Å²) in [5.41, 5.74) is -1.09. The molecule has 1 aromatic carbocycles. The fraction of sp³-hybridized carbons (Fsp3) is 0.267. The molecule has 24 heavy (non-hydrogen) atoms. The Bertz CT molecular complexity index is 782. The van der Waals surface area contributed by atoms with Crippen molar-refractivity contribution in [3.8, 4) is 0 Å². The first-order valence-electron chi connectivity index (χ1n) is 6.96. The van der Waals surface area contributed by atoms with Crippen LogP contribution in [0.15, 0.2) is 52.0 Å². The quantitative estimate of drug-likeness (QED) is 0.726. The van der Waals surface area contributed by atoms with Gasteiger partial charge in [-0.3, -0.25) is 5.32 Å². The maximum atomic E-state index is 12.3. The highest BCUT2D eigenvalue weighted by atomic mass is 32.2. The maximum absolute atomic E-state index is 12.3. The number of anilines is 1. The zero-order valence-electron chi connectivity index (χ0n) is 13.1. The molecule has 1 atom stereocenters. The Morgan fingerprint density at radius 2 is 1.96 bits per heavy atom. The molecule has 0 aliphatic rings. The van der Waals surface area contributed by atoms with Crippen molar-refractivity contribution in [2.75, 3.05) is 19.0 Å². The second-order valence-corrected chi connectivity index (χ2v) is 6.98. The third-order valence-electron chi connectivity index (χ3n) is 3.25. The molecule has 3 N–H and O–H groups in total. The lowest BCUT2D eigenvalue weighted by Crippen LogP contribution is -2.38. The van der Waals surface area contributed by atoms with Crippen molar-refractivity contribution < 1.29 is 27.5 Å². The number of hydrogen-bond donors (Lipinski definition) is 3. The summed E-state index contributed by atoms with van der Waals surface area (Å²) in [6, 6.07) is 8.67. The minimum atomic E-state index is -3.83. The molecule has 0 spiro atoms. The first-order valence-corrected chi connectivity index (χ1v) is 8.44. The van der Waals surface area contributed by atoms with Crippen LogP contribution in [0.3, 0.4) is 0 Å². The molecule has 1 aromatic heterocycles. The van der Waals surface area contributed by atoms with Gasteiger partial charge in [-0.05, 0) is 43.3 Å². The summed E-state index contributed by atoms with van der Waals surface area (Å²) in [6.07, 6.45) is 0.740. The summed E-state index contributed by atoms with van der Waals surface area (Å²) in [4.78, 5) is 11.1. The molecular weight excluding hydrogens is 336 g/mol. The molecule has 0 unspecified atom stereocenters. The molecule has 1 amide bonds. The molecule has 9 heteroatoms. The lowest BCUT2D eigenvalue weighted by atomic mass is 10.1. The molecule has 1 heterocycles. The zero-order valence-corrected chi connectivity index (χ0v) is 14.0. The average Bonchev–Trinajstić information content (AvgIpc) is 3.09. The molecule has 0 radical (unpaired) electrons. The van der Waals surface area contributed by atoms with Gasteiger partial charge in [0.15, 0.2) is 0 Å². The van der Waals surface area contributed by atoms with Gasteiger partial charge in [0.25, 0.3) is 0 Å². The molecule has 130 valence electrons. The summed E-state index contributed by atoms with van der Waals surface area (Å²) in [5.74, 6) is 0.253. The number of rotatable bonds is 6. The molecule has 8 nitrogen and oxygen atoms in total. The molecular formula is C15H18N2O6S. The van der Waals surface area contributed by atoms with Crippen molar-refractivity contribution in [3.63, 3.8) is 0 Å². The van der Waals surface area contributed by atoms with Crippen LogP contribution in [0.25, 0.3) is 0 Å². The second kappa shape index (κ2) is 7.04. The van der Waals surface area contributed by atoms with Gasteiger partial charge in [-0.1, -0.05) is 0 Å².